The minimum absolute atomic E-state index is 0.0566. The molecule has 0 spiro atoms. The Morgan fingerprint density at radius 2 is 2.08 bits per heavy atom. The topological polar surface area (TPSA) is 99.6 Å². The molecule has 2 aromatic heterocycles. The first-order valence-electron chi connectivity index (χ1n) is 8.25. The number of hydrazine groups is 2. The van der Waals surface area contributed by atoms with Crippen molar-refractivity contribution in [1.82, 2.24) is 31.1 Å². The van der Waals surface area contributed by atoms with Crippen LogP contribution in [-0.2, 0) is 16.0 Å². The number of hydrogen-bond donors (Lipinski definition) is 4. The largest absolute Gasteiger partial charge is 0.297 e. The maximum atomic E-state index is 12.2. The maximum absolute atomic E-state index is 12.2. The van der Waals surface area contributed by atoms with Gasteiger partial charge in [0.05, 0.1) is 12.1 Å². The van der Waals surface area contributed by atoms with Gasteiger partial charge in [0.2, 0.25) is 5.91 Å². The quantitative estimate of drug-likeness (QED) is 0.507. The van der Waals surface area contributed by atoms with Crippen LogP contribution in [0.3, 0.4) is 0 Å². The molecule has 1 saturated heterocycles. The smallest absolute Gasteiger partial charge is 0.256 e. The highest BCUT2D eigenvalue weighted by atomic mass is 32.1. The van der Waals surface area contributed by atoms with Crippen molar-refractivity contribution in [2.45, 2.75) is 24.9 Å². The fourth-order valence-corrected chi connectivity index (χ4v) is 3.64. The van der Waals surface area contributed by atoms with E-state index in [1.165, 1.54) is 11.3 Å². The van der Waals surface area contributed by atoms with Gasteiger partial charge in [-0.05, 0) is 12.0 Å². The Balaban J connectivity index is 1.26. The van der Waals surface area contributed by atoms with E-state index in [-0.39, 0.29) is 24.3 Å². The van der Waals surface area contributed by atoms with E-state index in [1.807, 2.05) is 46.3 Å². The van der Waals surface area contributed by atoms with Crippen molar-refractivity contribution >= 4 is 28.1 Å². The average molecular weight is 370 g/mol. The van der Waals surface area contributed by atoms with Crippen molar-refractivity contribution in [3.05, 3.63) is 59.4 Å². The van der Waals surface area contributed by atoms with Crippen molar-refractivity contribution < 1.29 is 9.59 Å². The molecule has 2 atom stereocenters. The minimum Gasteiger partial charge on any atom is -0.297 e. The molecule has 4 rings (SSSR count). The molecule has 0 aliphatic carbocycles. The summed E-state index contributed by atoms with van der Waals surface area (Å²) in [6.07, 6.45) is 4.40. The second-order valence-electron chi connectivity index (χ2n) is 6.08. The number of thiazole rings is 1. The molecule has 2 amide bonds. The zero-order valence-electron chi connectivity index (χ0n) is 13.8. The summed E-state index contributed by atoms with van der Waals surface area (Å²) in [7, 11) is 0. The number of amides is 2. The monoisotopic (exact) mass is 370 g/mol. The summed E-state index contributed by atoms with van der Waals surface area (Å²) in [5.74, 6) is -0.593. The number of hydrogen-bond acceptors (Lipinski definition) is 6. The predicted octanol–water partition coefficient (Wildman–Crippen LogP) is 0.693. The number of carbonyl (C=O) groups is 2. The van der Waals surface area contributed by atoms with Crippen molar-refractivity contribution in [2.24, 2.45) is 0 Å². The SMILES string of the molecule is O=C(Cc1cn2ccsc2n1)NNC(=O)C1CC(c2ccccc2)NN1. The van der Waals surface area contributed by atoms with Crippen LogP contribution in [0.5, 0.6) is 0 Å². The fourth-order valence-electron chi connectivity index (χ4n) is 2.92. The summed E-state index contributed by atoms with van der Waals surface area (Å²) in [6.45, 7) is 0. The lowest BCUT2D eigenvalue weighted by atomic mass is 10.0. The van der Waals surface area contributed by atoms with Crippen LogP contribution < -0.4 is 21.7 Å². The van der Waals surface area contributed by atoms with Crippen LogP contribution in [0.25, 0.3) is 4.96 Å². The number of nitrogens with zero attached hydrogens (tertiary/aromatic N) is 2. The number of aromatic nitrogens is 2. The molecular weight excluding hydrogens is 352 g/mol. The van der Waals surface area contributed by atoms with Crippen LogP contribution in [0.2, 0.25) is 0 Å². The van der Waals surface area contributed by atoms with Gasteiger partial charge in [0, 0.05) is 23.8 Å². The van der Waals surface area contributed by atoms with Gasteiger partial charge >= 0.3 is 0 Å². The van der Waals surface area contributed by atoms with Crippen molar-refractivity contribution in [3.63, 3.8) is 0 Å². The van der Waals surface area contributed by atoms with Crippen LogP contribution in [0.1, 0.15) is 23.7 Å². The lowest BCUT2D eigenvalue weighted by molar-refractivity contribution is -0.129. The lowest BCUT2D eigenvalue weighted by Crippen LogP contribution is -2.50. The Bertz CT molecular complexity index is 893. The summed E-state index contributed by atoms with van der Waals surface area (Å²) in [6, 6.07) is 9.54. The molecule has 9 heteroatoms. The van der Waals surface area contributed by atoms with Gasteiger partial charge in [-0.25, -0.2) is 15.8 Å². The van der Waals surface area contributed by atoms with Crippen LogP contribution >= 0.6 is 11.3 Å². The van der Waals surface area contributed by atoms with Gasteiger partial charge in [0.25, 0.3) is 5.91 Å². The third-order valence-electron chi connectivity index (χ3n) is 4.23. The highest BCUT2D eigenvalue weighted by Gasteiger charge is 2.30. The van der Waals surface area contributed by atoms with E-state index in [4.69, 9.17) is 0 Å². The van der Waals surface area contributed by atoms with Gasteiger partial charge in [-0.2, -0.15) is 0 Å². The maximum Gasteiger partial charge on any atom is 0.256 e. The Labute approximate surface area is 153 Å². The Hall–Kier alpha value is -2.75. The van der Waals surface area contributed by atoms with Crippen molar-refractivity contribution in [3.8, 4) is 0 Å². The second-order valence-corrected chi connectivity index (χ2v) is 6.95. The molecule has 3 heterocycles. The highest BCUT2D eigenvalue weighted by Crippen LogP contribution is 2.21. The molecule has 0 saturated carbocycles. The zero-order chi connectivity index (χ0) is 17.9. The molecule has 1 aromatic carbocycles. The number of rotatable bonds is 4. The summed E-state index contributed by atoms with van der Waals surface area (Å²) < 4.78 is 1.86. The highest BCUT2D eigenvalue weighted by molar-refractivity contribution is 7.15. The molecular formula is C17H18N6O2S. The fraction of sp³-hybridized carbons (Fsp3) is 0.235. The third-order valence-corrected chi connectivity index (χ3v) is 5.00. The molecule has 134 valence electrons. The number of nitrogens with one attached hydrogen (secondary N) is 4. The average Bonchev–Trinajstić information content (AvgIpc) is 3.36. The van der Waals surface area contributed by atoms with E-state index in [2.05, 4.69) is 26.7 Å². The van der Waals surface area contributed by atoms with Crippen LogP contribution in [0.4, 0.5) is 0 Å². The molecule has 1 aliphatic heterocycles. The summed E-state index contributed by atoms with van der Waals surface area (Å²) in [4.78, 5) is 29.4. The molecule has 1 fully saturated rings. The van der Waals surface area contributed by atoms with Gasteiger partial charge in [0.1, 0.15) is 6.04 Å². The van der Waals surface area contributed by atoms with Crippen molar-refractivity contribution in [2.75, 3.05) is 0 Å². The Morgan fingerprint density at radius 1 is 1.23 bits per heavy atom. The number of carbonyl (C=O) groups excluding carboxylic acids is 2. The number of fused-ring (bicyclic) bond motifs is 1. The first-order chi connectivity index (χ1) is 12.7. The molecule has 1 aliphatic rings. The van der Waals surface area contributed by atoms with E-state index < -0.39 is 6.04 Å². The van der Waals surface area contributed by atoms with E-state index in [9.17, 15) is 9.59 Å². The summed E-state index contributed by atoms with van der Waals surface area (Å²) in [5, 5.41) is 1.93. The van der Waals surface area contributed by atoms with Crippen LogP contribution in [-0.4, -0.2) is 27.2 Å². The first kappa shape index (κ1) is 16.7. The standard InChI is InChI=1S/C17H18N6O2S/c24-15(8-12-10-23-6-7-26-17(23)18-12)21-22-16(25)14-9-13(19-20-14)11-4-2-1-3-5-11/h1-7,10,13-14,19-20H,8-9H2,(H,21,24)(H,22,25). The van der Waals surface area contributed by atoms with Crippen molar-refractivity contribution in [1.29, 1.82) is 0 Å². The van der Waals surface area contributed by atoms with E-state index in [1.54, 1.807) is 6.20 Å². The first-order valence-corrected chi connectivity index (χ1v) is 9.13. The molecule has 0 bridgehead atoms. The van der Waals surface area contributed by atoms with Gasteiger partial charge in [0.15, 0.2) is 4.96 Å². The van der Waals surface area contributed by atoms with Gasteiger partial charge in [-0.3, -0.25) is 24.8 Å². The van der Waals surface area contributed by atoms with Crippen LogP contribution in [0.15, 0.2) is 48.1 Å². The zero-order valence-corrected chi connectivity index (χ0v) is 14.6. The van der Waals surface area contributed by atoms with E-state index in [0.29, 0.717) is 12.1 Å². The molecule has 0 radical (unpaired) electrons. The second kappa shape index (κ2) is 7.24. The predicted molar refractivity (Wildman–Crippen MR) is 96.9 cm³/mol. The van der Waals surface area contributed by atoms with Crippen LogP contribution in [0, 0.1) is 0 Å². The van der Waals surface area contributed by atoms with Gasteiger partial charge in [-0.15, -0.1) is 11.3 Å². The van der Waals surface area contributed by atoms with Gasteiger partial charge in [-0.1, -0.05) is 30.3 Å². The van der Waals surface area contributed by atoms with Gasteiger partial charge < -0.3 is 0 Å². The normalized spacial score (nSPS) is 19.5. The molecule has 2 unspecified atom stereocenters. The summed E-state index contributed by atoms with van der Waals surface area (Å²) >= 11 is 1.50. The third kappa shape index (κ3) is 3.59. The van der Waals surface area contributed by atoms with E-state index >= 15 is 0 Å². The molecule has 4 N–H and O–H groups in total. The summed E-state index contributed by atoms with van der Waals surface area (Å²) in [5.41, 5.74) is 12.8. The Kier molecular flexibility index (Phi) is 4.65. The molecule has 26 heavy (non-hydrogen) atoms. The Morgan fingerprint density at radius 3 is 2.88 bits per heavy atom. The van der Waals surface area contributed by atoms with E-state index in [0.717, 1.165) is 10.5 Å². The lowest BCUT2D eigenvalue weighted by Gasteiger charge is -2.11. The number of imidazole rings is 1. The molecule has 3 aromatic rings. The molecule has 8 nitrogen and oxygen atoms in total. The minimum atomic E-state index is -0.418. The number of benzene rings is 1.